The van der Waals surface area contributed by atoms with Gasteiger partial charge in [0.1, 0.15) is 11.8 Å². The highest BCUT2D eigenvalue weighted by atomic mass is 79.9. The topological polar surface area (TPSA) is 134 Å². The summed E-state index contributed by atoms with van der Waals surface area (Å²) in [4.78, 5) is 32.3. The highest BCUT2D eigenvalue weighted by Crippen LogP contribution is 2.30. The summed E-state index contributed by atoms with van der Waals surface area (Å²) in [6.45, 7) is 0. The van der Waals surface area contributed by atoms with E-state index in [-0.39, 0.29) is 24.4 Å². The molecule has 2 fully saturated rings. The highest BCUT2D eigenvalue weighted by Gasteiger charge is 2.26. The number of nitrogens with zero attached hydrogens (tertiary/aromatic N) is 5. The number of benzene rings is 1. The third kappa shape index (κ3) is 3.85. The molecule has 2 aromatic heterocycles. The molecule has 0 radical (unpaired) electrons. The van der Waals surface area contributed by atoms with Gasteiger partial charge < -0.3 is 10.1 Å². The van der Waals surface area contributed by atoms with Crippen LogP contribution in [-0.4, -0.2) is 37.4 Å². The number of hydrogen-bond donors (Lipinski definition) is 2. The van der Waals surface area contributed by atoms with Crippen LogP contribution in [0.15, 0.2) is 34.4 Å². The van der Waals surface area contributed by atoms with Crippen LogP contribution in [-0.2, 0) is 9.59 Å². The van der Waals surface area contributed by atoms with Gasteiger partial charge in [0.25, 0.3) is 5.91 Å². The van der Waals surface area contributed by atoms with Gasteiger partial charge in [-0.3, -0.25) is 14.9 Å². The van der Waals surface area contributed by atoms with Crippen LogP contribution in [0.25, 0.3) is 11.7 Å². The SMILES string of the molecule is N#Cc1cc(Br)ccc1Oc1nc(NC2CC2)n2ncc(/C=C3\CC(=O)NC3=O)c2n1. The molecule has 10 nitrogen and oxygen atoms in total. The predicted octanol–water partition coefficient (Wildman–Crippen LogP) is 2.55. The minimum atomic E-state index is -0.431. The Kier molecular flexibility index (Phi) is 4.63. The molecule has 3 aromatic rings. The number of aromatic nitrogens is 4. The van der Waals surface area contributed by atoms with E-state index in [9.17, 15) is 14.9 Å². The lowest BCUT2D eigenvalue weighted by molar-refractivity contribution is -0.124. The number of halogens is 1. The van der Waals surface area contributed by atoms with Crippen LogP contribution in [0.5, 0.6) is 11.8 Å². The van der Waals surface area contributed by atoms with Gasteiger partial charge in [0.2, 0.25) is 11.9 Å². The number of imide groups is 1. The van der Waals surface area contributed by atoms with Gasteiger partial charge in [-0.15, -0.1) is 0 Å². The maximum absolute atomic E-state index is 11.9. The van der Waals surface area contributed by atoms with Crippen molar-refractivity contribution in [2.24, 2.45) is 0 Å². The number of fused-ring (bicyclic) bond motifs is 1. The van der Waals surface area contributed by atoms with Gasteiger partial charge in [0, 0.05) is 21.7 Å². The molecule has 1 aliphatic heterocycles. The Hall–Kier alpha value is -3.78. The van der Waals surface area contributed by atoms with Crippen molar-refractivity contribution in [2.45, 2.75) is 25.3 Å². The largest absolute Gasteiger partial charge is 0.423 e. The summed E-state index contributed by atoms with van der Waals surface area (Å²) >= 11 is 3.33. The fourth-order valence-corrected chi connectivity index (χ4v) is 3.47. The molecule has 1 aliphatic carbocycles. The number of anilines is 1. The van der Waals surface area contributed by atoms with Crippen LogP contribution in [0, 0.1) is 11.3 Å². The Balaban J connectivity index is 1.59. The number of nitrogens with one attached hydrogen (secondary N) is 2. The first-order chi connectivity index (χ1) is 15.0. The minimum Gasteiger partial charge on any atom is -0.423 e. The average molecular weight is 480 g/mol. The van der Waals surface area contributed by atoms with Crippen molar-refractivity contribution in [2.75, 3.05) is 5.32 Å². The molecule has 1 aromatic carbocycles. The second kappa shape index (κ2) is 7.48. The summed E-state index contributed by atoms with van der Waals surface area (Å²) in [5, 5.41) is 19.3. The molecule has 0 bridgehead atoms. The summed E-state index contributed by atoms with van der Waals surface area (Å²) in [5.74, 6) is -0.0243. The lowest BCUT2D eigenvalue weighted by Gasteiger charge is -2.10. The van der Waals surface area contributed by atoms with E-state index in [4.69, 9.17) is 4.74 Å². The van der Waals surface area contributed by atoms with E-state index in [0.717, 1.165) is 17.3 Å². The van der Waals surface area contributed by atoms with E-state index in [1.807, 2.05) is 0 Å². The number of carbonyl (C=O) groups is 2. The zero-order valence-corrected chi connectivity index (χ0v) is 17.5. The van der Waals surface area contributed by atoms with E-state index in [1.54, 1.807) is 30.5 Å². The second-order valence-corrected chi connectivity index (χ2v) is 8.08. The smallest absolute Gasteiger partial charge is 0.327 e. The molecule has 31 heavy (non-hydrogen) atoms. The highest BCUT2D eigenvalue weighted by molar-refractivity contribution is 9.10. The lowest BCUT2D eigenvalue weighted by atomic mass is 10.1. The fourth-order valence-electron chi connectivity index (χ4n) is 3.11. The molecule has 0 unspecified atom stereocenters. The van der Waals surface area contributed by atoms with E-state index in [0.29, 0.717) is 34.0 Å². The van der Waals surface area contributed by atoms with Crippen LogP contribution in [0.3, 0.4) is 0 Å². The van der Waals surface area contributed by atoms with Crippen molar-refractivity contribution >= 4 is 45.4 Å². The number of hydrogen-bond acceptors (Lipinski definition) is 8. The second-order valence-electron chi connectivity index (χ2n) is 7.16. The first kappa shape index (κ1) is 19.2. The first-order valence-corrected chi connectivity index (χ1v) is 10.2. The zero-order valence-electron chi connectivity index (χ0n) is 15.9. The van der Waals surface area contributed by atoms with Crippen LogP contribution >= 0.6 is 15.9 Å². The van der Waals surface area contributed by atoms with Crippen molar-refractivity contribution in [1.29, 1.82) is 5.26 Å². The quantitative estimate of drug-likeness (QED) is 0.421. The molecule has 1 saturated heterocycles. The Bertz CT molecular complexity index is 1320. The van der Waals surface area contributed by atoms with Crippen molar-refractivity contribution < 1.29 is 14.3 Å². The maximum Gasteiger partial charge on any atom is 0.327 e. The van der Waals surface area contributed by atoms with Crippen molar-refractivity contribution in [3.63, 3.8) is 0 Å². The van der Waals surface area contributed by atoms with Crippen molar-refractivity contribution in [1.82, 2.24) is 24.9 Å². The van der Waals surface area contributed by atoms with Crippen LogP contribution in [0.2, 0.25) is 0 Å². The molecular formula is C20H14BrN7O3. The monoisotopic (exact) mass is 479 g/mol. The Morgan fingerprint density at radius 3 is 2.87 bits per heavy atom. The molecule has 11 heteroatoms. The molecule has 1 saturated carbocycles. The summed E-state index contributed by atoms with van der Waals surface area (Å²) in [6.07, 6.45) is 5.18. The minimum absolute atomic E-state index is 0.00220. The number of ether oxygens (including phenoxy) is 1. The number of carbonyl (C=O) groups excluding carboxylic acids is 2. The van der Waals surface area contributed by atoms with Crippen molar-refractivity contribution in [3.8, 4) is 17.8 Å². The average Bonchev–Trinajstić information content (AvgIpc) is 3.38. The number of nitriles is 1. The molecule has 154 valence electrons. The molecule has 5 rings (SSSR count). The molecule has 0 spiro atoms. The van der Waals surface area contributed by atoms with E-state index < -0.39 is 5.91 Å². The van der Waals surface area contributed by atoms with Gasteiger partial charge in [0.15, 0.2) is 5.65 Å². The molecule has 2 amide bonds. The van der Waals surface area contributed by atoms with Gasteiger partial charge in [-0.05, 0) is 37.1 Å². The van der Waals surface area contributed by atoms with Gasteiger partial charge in [-0.2, -0.15) is 24.8 Å². The summed E-state index contributed by atoms with van der Waals surface area (Å²) in [6, 6.07) is 7.45. The van der Waals surface area contributed by atoms with Crippen LogP contribution in [0.1, 0.15) is 30.4 Å². The zero-order chi connectivity index (χ0) is 21.5. The van der Waals surface area contributed by atoms with Gasteiger partial charge in [0.05, 0.1) is 18.2 Å². The van der Waals surface area contributed by atoms with E-state index in [1.165, 1.54) is 4.52 Å². The Morgan fingerprint density at radius 1 is 1.32 bits per heavy atom. The maximum atomic E-state index is 11.9. The summed E-state index contributed by atoms with van der Waals surface area (Å²) in [7, 11) is 0. The van der Waals surface area contributed by atoms with Crippen LogP contribution in [0.4, 0.5) is 5.95 Å². The predicted molar refractivity (Wildman–Crippen MR) is 112 cm³/mol. The first-order valence-electron chi connectivity index (χ1n) is 9.45. The van der Waals surface area contributed by atoms with Gasteiger partial charge in [-0.25, -0.2) is 0 Å². The molecule has 2 N–H and O–H groups in total. The number of rotatable bonds is 5. The number of amides is 2. The molecule has 0 atom stereocenters. The Labute approximate surface area is 184 Å². The van der Waals surface area contributed by atoms with E-state index >= 15 is 0 Å². The normalized spacial score (nSPS) is 17.1. The molecule has 2 aliphatic rings. The lowest BCUT2D eigenvalue weighted by Crippen LogP contribution is -2.19. The standard InChI is InChI=1S/C20H14BrN7O3/c21-13-1-4-15(11(6-13)8-22)31-20-26-17-12(5-10-7-16(29)25-18(10)30)9-23-28(17)19(27-20)24-14-2-3-14/h1,4-6,9,14H,2-3,7H2,(H,24,26,27)(H,25,29,30)/b10-5+. The summed E-state index contributed by atoms with van der Waals surface area (Å²) < 4.78 is 8.11. The summed E-state index contributed by atoms with van der Waals surface area (Å²) in [5.41, 5.74) is 1.61. The van der Waals surface area contributed by atoms with E-state index in [2.05, 4.69) is 47.7 Å². The Morgan fingerprint density at radius 2 is 2.16 bits per heavy atom. The van der Waals surface area contributed by atoms with Crippen LogP contribution < -0.4 is 15.4 Å². The fraction of sp³-hybridized carbons (Fsp3) is 0.200. The van der Waals surface area contributed by atoms with Crippen molar-refractivity contribution in [3.05, 3.63) is 45.6 Å². The van der Waals surface area contributed by atoms with Gasteiger partial charge >= 0.3 is 6.01 Å². The third-order valence-corrected chi connectivity index (χ3v) is 5.27. The third-order valence-electron chi connectivity index (χ3n) is 4.77. The molecular weight excluding hydrogens is 466 g/mol. The molecule has 3 heterocycles. The van der Waals surface area contributed by atoms with Gasteiger partial charge in [-0.1, -0.05) is 15.9 Å².